The average Bonchev–Trinajstić information content (AvgIpc) is 2.45. The number of nitrogens with two attached hydrogens (primary N) is 1. The zero-order chi connectivity index (χ0) is 11.5. The van der Waals surface area contributed by atoms with Crippen molar-refractivity contribution in [1.29, 1.82) is 0 Å². The second kappa shape index (κ2) is 4.61. The van der Waals surface area contributed by atoms with E-state index in [0.717, 1.165) is 9.88 Å². The monoisotopic (exact) mass is 226 g/mol. The lowest BCUT2D eigenvalue weighted by Gasteiger charge is -2.20. The predicted molar refractivity (Wildman–Crippen MR) is 65.1 cm³/mol. The van der Waals surface area contributed by atoms with E-state index in [4.69, 9.17) is 5.73 Å². The van der Waals surface area contributed by atoms with Gasteiger partial charge in [-0.05, 0) is 27.7 Å². The Hall–Kier alpha value is -1.10. The Morgan fingerprint density at radius 2 is 2.27 bits per heavy atom. The first-order valence-electron chi connectivity index (χ1n) is 4.86. The first-order chi connectivity index (χ1) is 6.87. The van der Waals surface area contributed by atoms with Gasteiger partial charge in [-0.1, -0.05) is 0 Å². The minimum Gasteiger partial charge on any atom is -0.370 e. The summed E-state index contributed by atoms with van der Waals surface area (Å²) in [7, 11) is 0. The third kappa shape index (κ3) is 4.78. The van der Waals surface area contributed by atoms with E-state index in [2.05, 4.69) is 15.3 Å². The standard InChI is InChI=1S/C10H18N4S/c1-7-12-5-8(15-7)6-13-9(11)14-10(2,3)4/h5H,6H2,1-4H3,(H3,11,13,14). The first kappa shape index (κ1) is 12.0. The number of guanidine groups is 1. The Bertz CT molecular complexity index is 349. The van der Waals surface area contributed by atoms with E-state index in [9.17, 15) is 0 Å². The van der Waals surface area contributed by atoms with Gasteiger partial charge in [0.2, 0.25) is 0 Å². The van der Waals surface area contributed by atoms with E-state index in [1.807, 2.05) is 33.9 Å². The van der Waals surface area contributed by atoms with Crippen molar-refractivity contribution in [3.63, 3.8) is 0 Å². The summed E-state index contributed by atoms with van der Waals surface area (Å²) < 4.78 is 0. The average molecular weight is 226 g/mol. The molecule has 1 aromatic rings. The number of hydrogen-bond donors (Lipinski definition) is 2. The largest absolute Gasteiger partial charge is 0.370 e. The molecule has 1 aromatic heterocycles. The summed E-state index contributed by atoms with van der Waals surface area (Å²) in [5.74, 6) is 0.480. The van der Waals surface area contributed by atoms with Crippen LogP contribution in [0.4, 0.5) is 0 Å². The number of nitrogens with zero attached hydrogens (tertiary/aromatic N) is 2. The lowest BCUT2D eigenvalue weighted by Crippen LogP contribution is -2.44. The Kier molecular flexibility index (Phi) is 3.68. The Balaban J connectivity index is 2.51. The molecule has 0 saturated carbocycles. The second-order valence-corrected chi connectivity index (χ2v) is 5.74. The molecule has 0 radical (unpaired) electrons. The maximum Gasteiger partial charge on any atom is 0.189 e. The third-order valence-corrected chi connectivity index (χ3v) is 2.47. The number of rotatable bonds is 2. The molecule has 0 fully saturated rings. The highest BCUT2D eigenvalue weighted by Crippen LogP contribution is 2.12. The maximum atomic E-state index is 5.74. The zero-order valence-corrected chi connectivity index (χ0v) is 10.5. The van der Waals surface area contributed by atoms with Gasteiger partial charge in [-0.25, -0.2) is 9.98 Å². The van der Waals surface area contributed by atoms with Gasteiger partial charge in [0.15, 0.2) is 5.96 Å². The molecule has 0 aliphatic rings. The minimum atomic E-state index is -0.0444. The van der Waals surface area contributed by atoms with Crippen LogP contribution in [0.1, 0.15) is 30.7 Å². The third-order valence-electron chi connectivity index (χ3n) is 1.58. The fourth-order valence-electron chi connectivity index (χ4n) is 1.07. The summed E-state index contributed by atoms with van der Waals surface area (Å²) in [5, 5.41) is 4.17. The van der Waals surface area contributed by atoms with E-state index in [1.54, 1.807) is 11.3 Å². The van der Waals surface area contributed by atoms with Crippen molar-refractivity contribution in [2.45, 2.75) is 39.8 Å². The molecule has 0 atom stereocenters. The second-order valence-electron chi connectivity index (χ2n) is 4.42. The van der Waals surface area contributed by atoms with Crippen molar-refractivity contribution in [1.82, 2.24) is 10.3 Å². The predicted octanol–water partition coefficient (Wildman–Crippen LogP) is 1.65. The van der Waals surface area contributed by atoms with Gasteiger partial charge in [0.05, 0.1) is 11.6 Å². The van der Waals surface area contributed by atoms with Gasteiger partial charge in [0.25, 0.3) is 0 Å². The Morgan fingerprint density at radius 3 is 2.73 bits per heavy atom. The molecule has 0 saturated heterocycles. The molecule has 5 heteroatoms. The summed E-state index contributed by atoms with van der Waals surface area (Å²) >= 11 is 1.65. The number of aliphatic imine (C=N–C) groups is 1. The smallest absolute Gasteiger partial charge is 0.189 e. The zero-order valence-electron chi connectivity index (χ0n) is 9.66. The van der Waals surface area contributed by atoms with Crippen LogP contribution in [0, 0.1) is 6.92 Å². The van der Waals surface area contributed by atoms with E-state index >= 15 is 0 Å². The van der Waals surface area contributed by atoms with E-state index in [-0.39, 0.29) is 5.54 Å². The summed E-state index contributed by atoms with van der Waals surface area (Å²) in [6, 6.07) is 0. The van der Waals surface area contributed by atoms with Crippen LogP contribution < -0.4 is 11.1 Å². The van der Waals surface area contributed by atoms with Crippen LogP contribution in [0.15, 0.2) is 11.2 Å². The van der Waals surface area contributed by atoms with Gasteiger partial charge in [-0.15, -0.1) is 11.3 Å². The summed E-state index contributed by atoms with van der Waals surface area (Å²) in [6.45, 7) is 8.72. The summed E-state index contributed by atoms with van der Waals surface area (Å²) in [6.07, 6.45) is 1.84. The van der Waals surface area contributed by atoms with Gasteiger partial charge in [0.1, 0.15) is 0 Å². The molecule has 1 heterocycles. The minimum absolute atomic E-state index is 0.0444. The SMILES string of the molecule is Cc1ncc(CN=C(N)NC(C)(C)C)s1. The van der Waals surface area contributed by atoms with Gasteiger partial charge < -0.3 is 11.1 Å². The van der Waals surface area contributed by atoms with Crippen molar-refractivity contribution < 1.29 is 0 Å². The Morgan fingerprint density at radius 1 is 1.60 bits per heavy atom. The van der Waals surface area contributed by atoms with Crippen LogP contribution in [0.25, 0.3) is 0 Å². The lowest BCUT2D eigenvalue weighted by molar-refractivity contribution is 0.508. The van der Waals surface area contributed by atoms with Crippen LogP contribution in [-0.4, -0.2) is 16.5 Å². The van der Waals surface area contributed by atoms with E-state index < -0.39 is 0 Å². The van der Waals surface area contributed by atoms with Gasteiger partial charge >= 0.3 is 0 Å². The molecule has 0 aromatic carbocycles. The van der Waals surface area contributed by atoms with Crippen molar-refractivity contribution in [3.05, 3.63) is 16.1 Å². The molecule has 1 rings (SSSR count). The topological polar surface area (TPSA) is 63.3 Å². The van der Waals surface area contributed by atoms with Crippen LogP contribution in [0.2, 0.25) is 0 Å². The van der Waals surface area contributed by atoms with Crippen molar-refractivity contribution in [2.24, 2.45) is 10.7 Å². The van der Waals surface area contributed by atoms with Crippen molar-refractivity contribution >= 4 is 17.3 Å². The first-order valence-corrected chi connectivity index (χ1v) is 5.68. The molecule has 15 heavy (non-hydrogen) atoms. The number of aryl methyl sites for hydroxylation is 1. The molecular weight excluding hydrogens is 208 g/mol. The summed E-state index contributed by atoms with van der Waals surface area (Å²) in [4.78, 5) is 9.53. The Labute approximate surface area is 94.6 Å². The van der Waals surface area contributed by atoms with Crippen LogP contribution in [-0.2, 0) is 6.54 Å². The molecule has 84 valence electrons. The number of thiazole rings is 1. The number of nitrogens with one attached hydrogen (secondary N) is 1. The summed E-state index contributed by atoms with van der Waals surface area (Å²) in [5.41, 5.74) is 5.69. The number of aromatic nitrogens is 1. The highest BCUT2D eigenvalue weighted by Gasteiger charge is 2.09. The molecular formula is C10H18N4S. The van der Waals surface area contributed by atoms with Gasteiger partial charge in [-0.2, -0.15) is 0 Å². The van der Waals surface area contributed by atoms with Gasteiger partial charge in [0, 0.05) is 16.6 Å². The fourth-order valence-corrected chi connectivity index (χ4v) is 1.78. The molecule has 0 unspecified atom stereocenters. The molecule has 0 amide bonds. The van der Waals surface area contributed by atoms with Crippen molar-refractivity contribution in [2.75, 3.05) is 0 Å². The molecule has 0 bridgehead atoms. The molecule has 0 aliphatic carbocycles. The van der Waals surface area contributed by atoms with Gasteiger partial charge in [-0.3, -0.25) is 0 Å². The number of hydrogen-bond acceptors (Lipinski definition) is 3. The molecule has 4 nitrogen and oxygen atoms in total. The fraction of sp³-hybridized carbons (Fsp3) is 0.600. The molecule has 3 N–H and O–H groups in total. The van der Waals surface area contributed by atoms with Crippen LogP contribution in [0.5, 0.6) is 0 Å². The van der Waals surface area contributed by atoms with E-state index in [1.165, 1.54) is 0 Å². The lowest BCUT2D eigenvalue weighted by atomic mass is 10.1. The van der Waals surface area contributed by atoms with Crippen LogP contribution in [0.3, 0.4) is 0 Å². The van der Waals surface area contributed by atoms with Crippen molar-refractivity contribution in [3.8, 4) is 0 Å². The van der Waals surface area contributed by atoms with E-state index in [0.29, 0.717) is 12.5 Å². The highest BCUT2D eigenvalue weighted by atomic mass is 32.1. The van der Waals surface area contributed by atoms with Crippen LogP contribution >= 0.6 is 11.3 Å². The normalized spacial score (nSPS) is 12.9. The molecule has 0 spiro atoms. The quantitative estimate of drug-likeness (QED) is 0.595. The maximum absolute atomic E-state index is 5.74. The molecule has 0 aliphatic heterocycles. The highest BCUT2D eigenvalue weighted by molar-refractivity contribution is 7.11.